The van der Waals surface area contributed by atoms with Crippen LogP contribution in [0.15, 0.2) is 33.7 Å². The molecule has 7 nitrogen and oxygen atoms in total. The van der Waals surface area contributed by atoms with E-state index in [9.17, 15) is 13.2 Å². The molecular weight excluding hydrogens is 284 g/mol. The monoisotopic (exact) mass is 296 g/mol. The van der Waals surface area contributed by atoms with Crippen LogP contribution < -0.4 is 4.72 Å². The maximum atomic E-state index is 12.1. The Balaban J connectivity index is 2.35. The third kappa shape index (κ3) is 2.80. The lowest BCUT2D eigenvalue weighted by Gasteiger charge is -2.05. The van der Waals surface area contributed by atoms with Crippen LogP contribution in [0.3, 0.4) is 0 Å². The molecule has 0 fully saturated rings. The summed E-state index contributed by atoms with van der Waals surface area (Å²) in [5.74, 6) is -1.61. The number of carboxylic acid groups (broad SMARTS) is 1. The molecule has 0 spiro atoms. The number of carboxylic acids is 1. The van der Waals surface area contributed by atoms with E-state index in [2.05, 4.69) is 9.71 Å². The standard InChI is InChI=1S/C12H12N2O5S/c1-7-3-4-11(13-6-7)14-20(17,18)10-5-9(12(15)16)19-8(10)2/h3-6H,1-2H3,(H,13,14)(H,15,16). The van der Waals surface area contributed by atoms with Crippen molar-refractivity contribution in [1.29, 1.82) is 0 Å². The van der Waals surface area contributed by atoms with Gasteiger partial charge in [-0.1, -0.05) is 6.07 Å². The molecule has 2 heterocycles. The summed E-state index contributed by atoms with van der Waals surface area (Å²) in [4.78, 5) is 14.5. The highest BCUT2D eigenvalue weighted by molar-refractivity contribution is 7.92. The van der Waals surface area contributed by atoms with Crippen molar-refractivity contribution < 1.29 is 22.7 Å². The molecule has 0 atom stereocenters. The van der Waals surface area contributed by atoms with Crippen molar-refractivity contribution in [2.45, 2.75) is 18.7 Å². The second-order valence-electron chi connectivity index (χ2n) is 4.16. The van der Waals surface area contributed by atoms with Crippen molar-refractivity contribution in [3.63, 3.8) is 0 Å². The van der Waals surface area contributed by atoms with Crippen molar-refractivity contribution in [3.05, 3.63) is 41.5 Å². The minimum Gasteiger partial charge on any atom is -0.475 e. The van der Waals surface area contributed by atoms with E-state index in [1.54, 1.807) is 6.07 Å². The van der Waals surface area contributed by atoms with Crippen molar-refractivity contribution in [2.24, 2.45) is 0 Å². The van der Waals surface area contributed by atoms with Crippen molar-refractivity contribution in [3.8, 4) is 0 Å². The fourth-order valence-corrected chi connectivity index (χ4v) is 2.75. The van der Waals surface area contributed by atoms with Gasteiger partial charge in [-0.3, -0.25) is 4.72 Å². The molecule has 8 heteroatoms. The molecule has 0 aliphatic rings. The van der Waals surface area contributed by atoms with Gasteiger partial charge in [0.15, 0.2) is 0 Å². The average Bonchev–Trinajstić information content (AvgIpc) is 2.75. The molecule has 2 N–H and O–H groups in total. The van der Waals surface area contributed by atoms with Gasteiger partial charge in [0, 0.05) is 12.3 Å². The van der Waals surface area contributed by atoms with Crippen LogP contribution in [-0.4, -0.2) is 24.5 Å². The van der Waals surface area contributed by atoms with Gasteiger partial charge in [-0.05, 0) is 25.5 Å². The van der Waals surface area contributed by atoms with Crippen LogP contribution in [0.1, 0.15) is 21.9 Å². The second kappa shape index (κ2) is 4.97. The van der Waals surface area contributed by atoms with Crippen molar-refractivity contribution >= 4 is 21.8 Å². The molecule has 0 bridgehead atoms. The largest absolute Gasteiger partial charge is 0.475 e. The Morgan fingerprint density at radius 1 is 1.35 bits per heavy atom. The van der Waals surface area contributed by atoms with Gasteiger partial charge in [0.1, 0.15) is 16.5 Å². The minimum absolute atomic E-state index is 0.00186. The Morgan fingerprint density at radius 3 is 2.55 bits per heavy atom. The van der Waals surface area contributed by atoms with Gasteiger partial charge in [0.05, 0.1) is 0 Å². The fraction of sp³-hybridized carbons (Fsp3) is 0.167. The summed E-state index contributed by atoms with van der Waals surface area (Å²) in [6, 6.07) is 4.18. The highest BCUT2D eigenvalue weighted by Crippen LogP contribution is 2.22. The van der Waals surface area contributed by atoms with E-state index >= 15 is 0 Å². The Morgan fingerprint density at radius 2 is 2.05 bits per heavy atom. The first kappa shape index (κ1) is 14.1. The number of hydrogen-bond donors (Lipinski definition) is 2. The van der Waals surface area contributed by atoms with E-state index < -0.39 is 21.8 Å². The van der Waals surface area contributed by atoms with Gasteiger partial charge in [-0.25, -0.2) is 18.2 Å². The zero-order chi connectivity index (χ0) is 14.9. The van der Waals surface area contributed by atoms with Crippen molar-refractivity contribution in [1.82, 2.24) is 4.98 Å². The van der Waals surface area contributed by atoms with Crippen LogP contribution in [0.4, 0.5) is 5.82 Å². The quantitative estimate of drug-likeness (QED) is 0.890. The van der Waals surface area contributed by atoms with Crippen LogP contribution in [-0.2, 0) is 10.0 Å². The van der Waals surface area contributed by atoms with Gasteiger partial charge < -0.3 is 9.52 Å². The summed E-state index contributed by atoms with van der Waals surface area (Å²) in [6.45, 7) is 3.20. The topological polar surface area (TPSA) is 110 Å². The van der Waals surface area contributed by atoms with E-state index in [0.29, 0.717) is 0 Å². The summed E-state index contributed by atoms with van der Waals surface area (Å²) in [7, 11) is -3.94. The van der Waals surface area contributed by atoms with E-state index in [-0.39, 0.29) is 16.5 Å². The first-order chi connectivity index (χ1) is 9.29. The molecule has 0 radical (unpaired) electrons. The second-order valence-corrected chi connectivity index (χ2v) is 5.81. The summed E-state index contributed by atoms with van der Waals surface area (Å²) in [5, 5.41) is 8.79. The number of aryl methyl sites for hydroxylation is 2. The van der Waals surface area contributed by atoms with Crippen LogP contribution in [0, 0.1) is 13.8 Å². The first-order valence-electron chi connectivity index (χ1n) is 5.59. The fourth-order valence-electron chi connectivity index (χ4n) is 1.56. The molecule has 2 rings (SSSR count). The highest BCUT2D eigenvalue weighted by Gasteiger charge is 2.24. The number of nitrogens with one attached hydrogen (secondary N) is 1. The lowest BCUT2D eigenvalue weighted by Crippen LogP contribution is -2.14. The van der Waals surface area contributed by atoms with Crippen LogP contribution in [0.25, 0.3) is 0 Å². The maximum Gasteiger partial charge on any atom is 0.371 e. The summed E-state index contributed by atoms with van der Waals surface area (Å²) in [5.41, 5.74) is 0.889. The maximum absolute atomic E-state index is 12.1. The van der Waals surface area contributed by atoms with Gasteiger partial charge >= 0.3 is 5.97 Å². The van der Waals surface area contributed by atoms with Gasteiger partial charge in [0.2, 0.25) is 5.76 Å². The summed E-state index contributed by atoms with van der Waals surface area (Å²) in [6.07, 6.45) is 1.52. The molecule has 106 valence electrons. The smallest absolute Gasteiger partial charge is 0.371 e. The van der Waals surface area contributed by atoms with E-state index in [4.69, 9.17) is 9.52 Å². The lowest BCUT2D eigenvalue weighted by atomic mass is 10.3. The van der Waals surface area contributed by atoms with E-state index in [0.717, 1.165) is 11.6 Å². The zero-order valence-electron chi connectivity index (χ0n) is 10.7. The Hall–Kier alpha value is -2.35. The number of rotatable bonds is 4. The Labute approximate surface area is 115 Å². The number of aromatic carboxylic acids is 1. The Bertz CT molecular complexity index is 747. The molecule has 0 aliphatic heterocycles. The van der Waals surface area contributed by atoms with Gasteiger partial charge in [0.25, 0.3) is 10.0 Å². The molecule has 2 aromatic heterocycles. The number of anilines is 1. The predicted octanol–water partition coefficient (Wildman–Crippen LogP) is 1.79. The number of aromatic nitrogens is 1. The number of hydrogen-bond acceptors (Lipinski definition) is 5. The van der Waals surface area contributed by atoms with E-state index in [1.165, 1.54) is 19.2 Å². The normalized spacial score (nSPS) is 11.3. The van der Waals surface area contributed by atoms with Gasteiger partial charge in [-0.15, -0.1) is 0 Å². The van der Waals surface area contributed by atoms with Crippen LogP contribution >= 0.6 is 0 Å². The van der Waals surface area contributed by atoms with Crippen LogP contribution in [0.2, 0.25) is 0 Å². The predicted molar refractivity (Wildman–Crippen MR) is 70.2 cm³/mol. The first-order valence-corrected chi connectivity index (χ1v) is 7.07. The van der Waals surface area contributed by atoms with E-state index in [1.807, 2.05) is 6.92 Å². The molecule has 0 saturated heterocycles. The molecule has 0 amide bonds. The molecule has 0 unspecified atom stereocenters. The number of carbonyl (C=O) groups is 1. The number of pyridine rings is 1. The van der Waals surface area contributed by atoms with Gasteiger partial charge in [-0.2, -0.15) is 0 Å². The third-order valence-electron chi connectivity index (χ3n) is 2.52. The number of nitrogens with zero attached hydrogens (tertiary/aromatic N) is 1. The molecule has 0 aromatic carbocycles. The highest BCUT2D eigenvalue weighted by atomic mass is 32.2. The van der Waals surface area contributed by atoms with Crippen molar-refractivity contribution in [2.75, 3.05) is 4.72 Å². The number of sulfonamides is 1. The third-order valence-corrected chi connectivity index (χ3v) is 3.99. The molecule has 2 aromatic rings. The minimum atomic E-state index is -3.94. The summed E-state index contributed by atoms with van der Waals surface area (Å²) < 4.78 is 31.4. The average molecular weight is 296 g/mol. The number of furan rings is 1. The molecule has 0 aliphatic carbocycles. The van der Waals surface area contributed by atoms with Crippen LogP contribution in [0.5, 0.6) is 0 Å². The molecule has 20 heavy (non-hydrogen) atoms. The SMILES string of the molecule is Cc1ccc(NS(=O)(=O)c2cc(C(=O)O)oc2C)nc1. The zero-order valence-corrected chi connectivity index (χ0v) is 11.6. The Kier molecular flexibility index (Phi) is 3.49. The molecule has 0 saturated carbocycles. The summed E-state index contributed by atoms with van der Waals surface area (Å²) >= 11 is 0. The lowest BCUT2D eigenvalue weighted by molar-refractivity contribution is 0.0661. The molecular formula is C12H12N2O5S.